The van der Waals surface area contributed by atoms with Crippen LogP contribution in [0.25, 0.3) is 10.9 Å². The highest BCUT2D eigenvalue weighted by atomic mass is 16.5. The van der Waals surface area contributed by atoms with Crippen molar-refractivity contribution in [2.75, 3.05) is 6.61 Å². The van der Waals surface area contributed by atoms with Crippen molar-refractivity contribution in [2.45, 2.75) is 12.8 Å². The van der Waals surface area contributed by atoms with E-state index in [9.17, 15) is 4.79 Å². The summed E-state index contributed by atoms with van der Waals surface area (Å²) in [5.74, 6) is 5.58. The zero-order valence-electron chi connectivity index (χ0n) is 9.93. The number of carbonyl (C=O) groups is 1. The Morgan fingerprint density at radius 2 is 2.28 bits per heavy atom. The average molecular weight is 245 g/mol. The van der Waals surface area contributed by atoms with Gasteiger partial charge in [0.05, 0.1) is 12.1 Å². The average Bonchev–Trinajstić information content (AvgIpc) is 2.43. The van der Waals surface area contributed by atoms with Crippen molar-refractivity contribution in [2.24, 2.45) is 5.84 Å². The topological polar surface area (TPSA) is 77.2 Å². The lowest BCUT2D eigenvalue weighted by molar-refractivity contribution is -0.121. The number of hydrogen-bond acceptors (Lipinski definition) is 4. The number of hydrazine groups is 1. The van der Waals surface area contributed by atoms with Crippen molar-refractivity contribution in [1.82, 2.24) is 10.4 Å². The third kappa shape index (κ3) is 3.18. The third-order valence-electron chi connectivity index (χ3n) is 2.55. The van der Waals surface area contributed by atoms with E-state index in [1.54, 1.807) is 6.20 Å². The largest absolute Gasteiger partial charge is 0.494 e. The number of carbonyl (C=O) groups excluding carboxylic acids is 1. The van der Waals surface area contributed by atoms with E-state index in [2.05, 4.69) is 10.4 Å². The summed E-state index contributed by atoms with van der Waals surface area (Å²) < 4.78 is 5.56. The molecule has 0 aliphatic rings. The molecule has 0 fully saturated rings. The molecule has 18 heavy (non-hydrogen) atoms. The molecule has 3 N–H and O–H groups in total. The smallest absolute Gasteiger partial charge is 0.234 e. The minimum Gasteiger partial charge on any atom is -0.494 e. The number of nitrogens with two attached hydrogens (primary N) is 1. The van der Waals surface area contributed by atoms with Gasteiger partial charge in [-0.25, -0.2) is 5.84 Å². The highest BCUT2D eigenvalue weighted by molar-refractivity contribution is 5.79. The monoisotopic (exact) mass is 245 g/mol. The molecular formula is C13H15N3O2. The van der Waals surface area contributed by atoms with E-state index >= 15 is 0 Å². The zero-order valence-corrected chi connectivity index (χ0v) is 9.93. The SMILES string of the molecule is NNC(=O)CCCOc1ccc2ncccc2c1. The molecule has 0 radical (unpaired) electrons. The Morgan fingerprint density at radius 3 is 3.11 bits per heavy atom. The number of hydrogen-bond donors (Lipinski definition) is 2. The predicted octanol–water partition coefficient (Wildman–Crippen LogP) is 1.38. The molecule has 0 saturated heterocycles. The molecule has 5 heteroatoms. The molecule has 0 aliphatic carbocycles. The number of fused-ring (bicyclic) bond motifs is 1. The van der Waals surface area contributed by atoms with Crippen LogP contribution < -0.4 is 16.0 Å². The van der Waals surface area contributed by atoms with Gasteiger partial charge >= 0.3 is 0 Å². The van der Waals surface area contributed by atoms with Crippen LogP contribution in [0.5, 0.6) is 5.75 Å². The Bertz CT molecular complexity index is 543. The van der Waals surface area contributed by atoms with Crippen molar-refractivity contribution in [3.63, 3.8) is 0 Å². The maximum absolute atomic E-state index is 10.9. The Morgan fingerprint density at radius 1 is 1.39 bits per heavy atom. The maximum atomic E-state index is 10.9. The highest BCUT2D eigenvalue weighted by Gasteiger charge is 2.00. The van der Waals surface area contributed by atoms with E-state index in [0.717, 1.165) is 16.7 Å². The normalized spacial score (nSPS) is 10.3. The van der Waals surface area contributed by atoms with E-state index in [1.807, 2.05) is 30.3 Å². The Balaban J connectivity index is 1.90. The van der Waals surface area contributed by atoms with Crippen molar-refractivity contribution in [1.29, 1.82) is 0 Å². The van der Waals surface area contributed by atoms with Gasteiger partial charge in [0.1, 0.15) is 5.75 Å². The molecule has 0 unspecified atom stereocenters. The number of pyridine rings is 1. The minimum atomic E-state index is -0.179. The van der Waals surface area contributed by atoms with Gasteiger partial charge in [-0.3, -0.25) is 15.2 Å². The van der Waals surface area contributed by atoms with Crippen LogP contribution in [0, 0.1) is 0 Å². The molecule has 1 aromatic carbocycles. The summed E-state index contributed by atoms with van der Waals surface area (Å²) in [6.07, 6.45) is 2.76. The number of benzene rings is 1. The molecule has 1 heterocycles. The van der Waals surface area contributed by atoms with Gasteiger partial charge in [0.15, 0.2) is 0 Å². The summed E-state index contributed by atoms with van der Waals surface area (Å²) in [5.41, 5.74) is 3.02. The van der Waals surface area contributed by atoms with Gasteiger partial charge in [0, 0.05) is 18.0 Å². The van der Waals surface area contributed by atoms with Crippen LogP contribution in [0.4, 0.5) is 0 Å². The lowest BCUT2D eigenvalue weighted by atomic mass is 10.2. The molecule has 2 aromatic rings. The second-order valence-electron chi connectivity index (χ2n) is 3.88. The summed E-state index contributed by atoms with van der Waals surface area (Å²) in [6.45, 7) is 0.485. The number of nitrogens with one attached hydrogen (secondary N) is 1. The highest BCUT2D eigenvalue weighted by Crippen LogP contribution is 2.18. The predicted molar refractivity (Wildman–Crippen MR) is 68.8 cm³/mol. The summed E-state index contributed by atoms with van der Waals surface area (Å²) in [7, 11) is 0. The Kier molecular flexibility index (Phi) is 4.09. The zero-order chi connectivity index (χ0) is 12.8. The third-order valence-corrected chi connectivity index (χ3v) is 2.55. The fourth-order valence-electron chi connectivity index (χ4n) is 1.64. The quantitative estimate of drug-likeness (QED) is 0.361. The standard InChI is InChI=1S/C13H15N3O2/c14-16-13(17)4-2-8-18-11-5-6-12-10(9-11)3-1-7-15-12/h1,3,5-7,9H,2,4,8,14H2,(H,16,17). The number of nitrogens with zero attached hydrogens (tertiary/aromatic N) is 1. The molecule has 5 nitrogen and oxygen atoms in total. The van der Waals surface area contributed by atoms with Crippen LogP contribution in [0.1, 0.15) is 12.8 Å². The summed E-state index contributed by atoms with van der Waals surface area (Å²) in [4.78, 5) is 15.1. The number of rotatable bonds is 5. The van der Waals surface area contributed by atoms with Gasteiger partial charge < -0.3 is 4.74 Å². The van der Waals surface area contributed by atoms with E-state index in [-0.39, 0.29) is 5.91 Å². The second-order valence-corrected chi connectivity index (χ2v) is 3.88. The van der Waals surface area contributed by atoms with Gasteiger partial charge in [-0.1, -0.05) is 6.07 Å². The van der Waals surface area contributed by atoms with Gasteiger partial charge in [-0.2, -0.15) is 0 Å². The van der Waals surface area contributed by atoms with Crippen LogP contribution >= 0.6 is 0 Å². The van der Waals surface area contributed by atoms with E-state index in [0.29, 0.717) is 19.4 Å². The first-order valence-corrected chi connectivity index (χ1v) is 5.76. The molecule has 2 rings (SSSR count). The van der Waals surface area contributed by atoms with E-state index in [4.69, 9.17) is 10.6 Å². The van der Waals surface area contributed by atoms with Crippen molar-refractivity contribution >= 4 is 16.8 Å². The van der Waals surface area contributed by atoms with Crippen LogP contribution in [-0.2, 0) is 4.79 Å². The lowest BCUT2D eigenvalue weighted by Gasteiger charge is -2.06. The molecule has 0 bridgehead atoms. The molecule has 0 atom stereocenters. The number of amides is 1. The van der Waals surface area contributed by atoms with Crippen LogP contribution in [0.2, 0.25) is 0 Å². The van der Waals surface area contributed by atoms with Crippen LogP contribution in [0.3, 0.4) is 0 Å². The molecular weight excluding hydrogens is 230 g/mol. The van der Waals surface area contributed by atoms with Gasteiger partial charge in [-0.05, 0) is 30.7 Å². The van der Waals surface area contributed by atoms with Crippen molar-refractivity contribution in [3.05, 3.63) is 36.5 Å². The molecule has 1 amide bonds. The lowest BCUT2D eigenvalue weighted by Crippen LogP contribution is -2.29. The fraction of sp³-hybridized carbons (Fsp3) is 0.231. The first kappa shape index (κ1) is 12.3. The van der Waals surface area contributed by atoms with Crippen molar-refractivity contribution in [3.8, 4) is 5.75 Å². The van der Waals surface area contributed by atoms with Gasteiger partial charge in [0.2, 0.25) is 5.91 Å². The molecule has 1 aromatic heterocycles. The summed E-state index contributed by atoms with van der Waals surface area (Å²) in [6, 6.07) is 9.59. The van der Waals surface area contributed by atoms with Crippen LogP contribution in [-0.4, -0.2) is 17.5 Å². The first-order valence-electron chi connectivity index (χ1n) is 5.76. The fourth-order valence-corrected chi connectivity index (χ4v) is 1.64. The van der Waals surface area contributed by atoms with Gasteiger partial charge in [-0.15, -0.1) is 0 Å². The van der Waals surface area contributed by atoms with Gasteiger partial charge in [0.25, 0.3) is 0 Å². The van der Waals surface area contributed by atoms with Crippen molar-refractivity contribution < 1.29 is 9.53 Å². The second kappa shape index (κ2) is 5.97. The number of aromatic nitrogens is 1. The van der Waals surface area contributed by atoms with E-state index in [1.165, 1.54) is 0 Å². The molecule has 0 saturated carbocycles. The molecule has 0 aliphatic heterocycles. The Labute approximate surface area is 105 Å². The summed E-state index contributed by atoms with van der Waals surface area (Å²) in [5, 5.41) is 1.04. The molecule has 94 valence electrons. The number of ether oxygens (including phenoxy) is 1. The summed E-state index contributed by atoms with van der Waals surface area (Å²) >= 11 is 0. The molecule has 0 spiro atoms. The minimum absolute atomic E-state index is 0.179. The van der Waals surface area contributed by atoms with E-state index < -0.39 is 0 Å². The maximum Gasteiger partial charge on any atom is 0.234 e. The Hall–Kier alpha value is -2.14. The van der Waals surface area contributed by atoms with Crippen LogP contribution in [0.15, 0.2) is 36.5 Å². The first-order chi connectivity index (χ1) is 8.79.